The molecule has 4 rings (SSSR count). The molecule has 1 saturated heterocycles. The van der Waals surface area contributed by atoms with Crippen molar-refractivity contribution in [3.63, 3.8) is 0 Å². The number of amides is 1. The van der Waals surface area contributed by atoms with Crippen LogP contribution >= 0.6 is 0 Å². The maximum Gasteiger partial charge on any atom is 0.222 e. The maximum atomic E-state index is 12.5. The van der Waals surface area contributed by atoms with Gasteiger partial charge in [0.05, 0.1) is 17.8 Å². The Morgan fingerprint density at radius 2 is 2.15 bits per heavy atom. The Morgan fingerprint density at radius 1 is 1.26 bits per heavy atom. The van der Waals surface area contributed by atoms with Crippen molar-refractivity contribution in [3.05, 3.63) is 60.0 Å². The van der Waals surface area contributed by atoms with Crippen LogP contribution in [0.25, 0.3) is 10.9 Å². The first-order valence-electron chi connectivity index (χ1n) is 9.47. The molecular formula is C21H24N4O2. The third-order valence-corrected chi connectivity index (χ3v) is 5.39. The van der Waals surface area contributed by atoms with Crippen molar-refractivity contribution in [3.8, 4) is 0 Å². The summed E-state index contributed by atoms with van der Waals surface area (Å²) in [5, 5.41) is 18.3. The van der Waals surface area contributed by atoms with E-state index in [1.54, 1.807) is 6.20 Å². The number of rotatable bonds is 6. The van der Waals surface area contributed by atoms with E-state index < -0.39 is 6.10 Å². The second kappa shape index (κ2) is 7.88. The van der Waals surface area contributed by atoms with Gasteiger partial charge in [0.25, 0.3) is 0 Å². The topological polar surface area (TPSA) is 82.1 Å². The molecule has 140 valence electrons. The number of para-hydroxylation sites is 1. The number of hydrogen-bond donors (Lipinski definition) is 2. The Balaban J connectivity index is 1.35. The molecule has 0 aliphatic carbocycles. The van der Waals surface area contributed by atoms with Gasteiger partial charge in [-0.3, -0.25) is 14.9 Å². The minimum atomic E-state index is -0.477. The molecule has 6 nitrogen and oxygen atoms in total. The molecule has 6 heteroatoms. The van der Waals surface area contributed by atoms with Crippen LogP contribution in [0.3, 0.4) is 0 Å². The van der Waals surface area contributed by atoms with Gasteiger partial charge >= 0.3 is 0 Å². The zero-order chi connectivity index (χ0) is 18.6. The summed E-state index contributed by atoms with van der Waals surface area (Å²) in [6.45, 7) is 1.04. The van der Waals surface area contributed by atoms with Crippen LogP contribution in [0, 0.1) is 5.92 Å². The fourth-order valence-electron chi connectivity index (χ4n) is 3.89. The molecule has 2 aromatic heterocycles. The molecule has 2 atom stereocenters. The third-order valence-electron chi connectivity index (χ3n) is 5.39. The fraction of sp³-hybridized carbons (Fsp3) is 0.381. The van der Waals surface area contributed by atoms with Gasteiger partial charge in [-0.15, -0.1) is 0 Å². The van der Waals surface area contributed by atoms with Crippen molar-refractivity contribution >= 4 is 16.8 Å². The first kappa shape index (κ1) is 17.7. The second-order valence-corrected chi connectivity index (χ2v) is 7.28. The lowest BCUT2D eigenvalue weighted by molar-refractivity contribution is -0.130. The zero-order valence-electron chi connectivity index (χ0n) is 15.2. The van der Waals surface area contributed by atoms with Crippen LogP contribution in [0.4, 0.5) is 0 Å². The van der Waals surface area contributed by atoms with Gasteiger partial charge in [0.1, 0.15) is 0 Å². The fourth-order valence-corrected chi connectivity index (χ4v) is 3.89. The highest BCUT2D eigenvalue weighted by Gasteiger charge is 2.33. The van der Waals surface area contributed by atoms with Crippen LogP contribution in [0.5, 0.6) is 0 Å². The second-order valence-electron chi connectivity index (χ2n) is 7.28. The Labute approximate surface area is 158 Å². The number of likely N-dealkylation sites (tertiary alicyclic amines) is 1. The Morgan fingerprint density at radius 3 is 3.00 bits per heavy atom. The summed E-state index contributed by atoms with van der Waals surface area (Å²) >= 11 is 0. The maximum absolute atomic E-state index is 12.5. The van der Waals surface area contributed by atoms with Crippen molar-refractivity contribution < 1.29 is 9.90 Å². The predicted molar refractivity (Wildman–Crippen MR) is 103 cm³/mol. The monoisotopic (exact) mass is 364 g/mol. The minimum Gasteiger partial charge on any atom is -0.391 e. The molecule has 2 unspecified atom stereocenters. The molecular weight excluding hydrogens is 340 g/mol. The van der Waals surface area contributed by atoms with Crippen LogP contribution in [-0.4, -0.2) is 50.3 Å². The molecule has 1 fully saturated rings. The number of aromatic amines is 1. The van der Waals surface area contributed by atoms with E-state index in [1.165, 1.54) is 5.56 Å². The van der Waals surface area contributed by atoms with Crippen LogP contribution < -0.4 is 0 Å². The van der Waals surface area contributed by atoms with E-state index in [-0.39, 0.29) is 11.8 Å². The molecule has 1 aliphatic rings. The number of carbonyl (C=O) groups excluding carboxylic acids is 1. The van der Waals surface area contributed by atoms with Gasteiger partial charge in [-0.05, 0) is 42.5 Å². The molecule has 27 heavy (non-hydrogen) atoms. The average Bonchev–Trinajstić information content (AvgIpc) is 3.32. The largest absolute Gasteiger partial charge is 0.391 e. The van der Waals surface area contributed by atoms with E-state index >= 15 is 0 Å². The number of nitrogens with one attached hydrogen (secondary N) is 1. The number of H-pyrrole nitrogens is 1. The van der Waals surface area contributed by atoms with Crippen molar-refractivity contribution in [2.75, 3.05) is 13.1 Å². The molecule has 0 spiro atoms. The standard InChI is InChI=1S/C21H24N4O2/c26-20-14-25(21(27)7-3-4-15-11-23-24-12-15)13-17(20)10-16-8-9-22-19-6-2-1-5-18(16)19/h1-2,5-6,8-9,11-12,17,20,26H,3-4,7,10,13-14H2,(H,23,24). The number of aryl methyl sites for hydroxylation is 1. The van der Waals surface area contributed by atoms with Crippen molar-refractivity contribution in [2.45, 2.75) is 31.8 Å². The van der Waals surface area contributed by atoms with E-state index in [2.05, 4.69) is 21.2 Å². The van der Waals surface area contributed by atoms with E-state index in [4.69, 9.17) is 0 Å². The van der Waals surface area contributed by atoms with Gasteiger partial charge < -0.3 is 10.0 Å². The van der Waals surface area contributed by atoms with Crippen molar-refractivity contribution in [1.82, 2.24) is 20.1 Å². The normalized spacial score (nSPS) is 19.7. The highest BCUT2D eigenvalue weighted by molar-refractivity contribution is 5.82. The molecule has 3 heterocycles. The summed E-state index contributed by atoms with van der Waals surface area (Å²) in [6, 6.07) is 10.1. The number of benzene rings is 1. The number of pyridine rings is 1. The summed E-state index contributed by atoms with van der Waals surface area (Å²) in [5.41, 5.74) is 3.26. The number of aromatic nitrogens is 3. The molecule has 0 saturated carbocycles. The molecule has 0 bridgehead atoms. The minimum absolute atomic E-state index is 0.0635. The smallest absolute Gasteiger partial charge is 0.222 e. The van der Waals surface area contributed by atoms with E-state index in [1.807, 2.05) is 41.6 Å². The zero-order valence-corrected chi connectivity index (χ0v) is 15.2. The molecule has 1 amide bonds. The lowest BCUT2D eigenvalue weighted by Crippen LogP contribution is -2.29. The highest BCUT2D eigenvalue weighted by Crippen LogP contribution is 2.26. The quantitative estimate of drug-likeness (QED) is 0.703. The molecule has 3 aromatic rings. The predicted octanol–water partition coefficient (Wildman–Crippen LogP) is 2.34. The van der Waals surface area contributed by atoms with Gasteiger partial charge in [-0.25, -0.2) is 0 Å². The van der Waals surface area contributed by atoms with Gasteiger partial charge in [-0.1, -0.05) is 18.2 Å². The summed E-state index contributed by atoms with van der Waals surface area (Å²) in [6.07, 6.45) is 7.88. The summed E-state index contributed by atoms with van der Waals surface area (Å²) in [4.78, 5) is 18.7. The molecule has 1 aromatic carbocycles. The number of fused-ring (bicyclic) bond motifs is 1. The van der Waals surface area contributed by atoms with Crippen molar-refractivity contribution in [2.24, 2.45) is 5.92 Å². The molecule has 1 aliphatic heterocycles. The highest BCUT2D eigenvalue weighted by atomic mass is 16.3. The van der Waals surface area contributed by atoms with Gasteiger partial charge in [0.15, 0.2) is 0 Å². The van der Waals surface area contributed by atoms with E-state index in [0.717, 1.165) is 35.7 Å². The lowest BCUT2D eigenvalue weighted by atomic mass is 9.94. The van der Waals surface area contributed by atoms with E-state index in [0.29, 0.717) is 19.5 Å². The summed E-state index contributed by atoms with van der Waals surface area (Å²) < 4.78 is 0. The number of hydrogen-bond acceptors (Lipinski definition) is 4. The van der Waals surface area contributed by atoms with Crippen LogP contribution in [-0.2, 0) is 17.6 Å². The van der Waals surface area contributed by atoms with E-state index in [9.17, 15) is 9.90 Å². The van der Waals surface area contributed by atoms with Gasteiger partial charge in [0, 0.05) is 43.2 Å². The first-order valence-corrected chi connectivity index (χ1v) is 9.47. The van der Waals surface area contributed by atoms with Crippen LogP contribution in [0.15, 0.2) is 48.9 Å². The first-order chi connectivity index (χ1) is 13.2. The van der Waals surface area contributed by atoms with Crippen LogP contribution in [0.2, 0.25) is 0 Å². The Hall–Kier alpha value is -2.73. The lowest BCUT2D eigenvalue weighted by Gasteiger charge is -2.16. The third kappa shape index (κ3) is 4.01. The Bertz CT molecular complexity index is 904. The van der Waals surface area contributed by atoms with Crippen LogP contribution in [0.1, 0.15) is 24.0 Å². The summed E-state index contributed by atoms with van der Waals surface area (Å²) in [5.74, 6) is 0.188. The van der Waals surface area contributed by atoms with Gasteiger partial charge in [0.2, 0.25) is 5.91 Å². The van der Waals surface area contributed by atoms with Gasteiger partial charge in [-0.2, -0.15) is 5.10 Å². The number of nitrogens with zero attached hydrogens (tertiary/aromatic N) is 3. The Kier molecular flexibility index (Phi) is 5.16. The number of aliphatic hydroxyl groups excluding tert-OH is 1. The number of carbonyl (C=O) groups is 1. The molecule has 0 radical (unpaired) electrons. The SMILES string of the molecule is O=C(CCCc1cn[nH]c1)N1CC(O)C(Cc2ccnc3ccccc23)C1. The average molecular weight is 364 g/mol. The van der Waals surface area contributed by atoms with Crippen molar-refractivity contribution in [1.29, 1.82) is 0 Å². The molecule has 2 N–H and O–H groups in total. The summed E-state index contributed by atoms with van der Waals surface area (Å²) in [7, 11) is 0. The number of aliphatic hydroxyl groups is 1. The number of β-amino-alcohol motifs (C(OH)–C–C–N with tert-alkyl or cyclic N) is 1.